The molecule has 1 aliphatic rings. The molecule has 0 radical (unpaired) electrons. The summed E-state index contributed by atoms with van der Waals surface area (Å²) in [6.45, 7) is 11.1. The summed E-state index contributed by atoms with van der Waals surface area (Å²) < 4.78 is 10.1. The van der Waals surface area contributed by atoms with Gasteiger partial charge in [0.05, 0.1) is 14.2 Å². The fraction of sp³-hybridized carbons (Fsp3) is 0.836. The number of unbranched alkanes of at least 4 members (excludes halogenated alkanes) is 23. The molecule has 0 aromatic heterocycles. The van der Waals surface area contributed by atoms with E-state index in [0.717, 1.165) is 89.7 Å². The van der Waals surface area contributed by atoms with Crippen LogP contribution in [0.1, 0.15) is 232 Å². The molecule has 0 saturated carbocycles. The average Bonchev–Trinajstić information content (AvgIpc) is 3.30. The maximum absolute atomic E-state index is 14.7. The Kier molecular flexibility index (Phi) is 34.7. The molecule has 0 aliphatic carbocycles. The molecule has 364 valence electrons. The Morgan fingerprint density at radius 1 is 0.635 bits per heavy atom. The molecule has 63 heavy (non-hydrogen) atoms. The standard InChI is InChI=1S/C55H99N3O5/c1-6-9-11-13-15-22-26-30-34-49(33-29-25-14-12-10-7-2)47-58(52(59)35-31-27-23-20-18-16-17-19-21-24-28-32-36-53(60)63-5)54(50-42-45-57(8-3)46-43-50)55(61)56-44-41-48-37-39-51(62-4)40-38-48/h37-40,49-50,54H,6-36,41-47H2,1-5H3,(H,56,61). The van der Waals surface area contributed by atoms with Gasteiger partial charge in [0, 0.05) is 25.9 Å². The van der Waals surface area contributed by atoms with Gasteiger partial charge in [-0.25, -0.2) is 0 Å². The van der Waals surface area contributed by atoms with Crippen LogP contribution in [-0.2, 0) is 25.5 Å². The number of hydrogen-bond acceptors (Lipinski definition) is 6. The molecule has 2 amide bonds. The van der Waals surface area contributed by atoms with Gasteiger partial charge >= 0.3 is 5.97 Å². The van der Waals surface area contributed by atoms with E-state index in [4.69, 9.17) is 9.47 Å². The molecule has 1 heterocycles. The molecule has 2 rings (SSSR count). The Morgan fingerprint density at radius 2 is 1.10 bits per heavy atom. The van der Waals surface area contributed by atoms with Gasteiger partial charge in [-0.05, 0) is 94.1 Å². The lowest BCUT2D eigenvalue weighted by atomic mass is 9.85. The molecule has 1 aromatic rings. The molecular weight excluding hydrogens is 783 g/mol. The highest BCUT2D eigenvalue weighted by atomic mass is 16.5. The maximum atomic E-state index is 14.7. The van der Waals surface area contributed by atoms with Crippen molar-refractivity contribution in [2.75, 3.05) is 46.9 Å². The Morgan fingerprint density at radius 3 is 1.56 bits per heavy atom. The van der Waals surface area contributed by atoms with Crippen LogP contribution in [0.15, 0.2) is 24.3 Å². The largest absolute Gasteiger partial charge is 0.497 e. The number of carbonyl (C=O) groups is 3. The minimum atomic E-state index is -0.411. The minimum Gasteiger partial charge on any atom is -0.497 e. The summed E-state index contributed by atoms with van der Waals surface area (Å²) in [5, 5.41) is 3.37. The molecule has 8 heteroatoms. The number of likely N-dealkylation sites (tertiary alicyclic amines) is 1. The van der Waals surface area contributed by atoms with Crippen LogP contribution in [0.5, 0.6) is 5.75 Å². The summed E-state index contributed by atoms with van der Waals surface area (Å²) in [4.78, 5) is 45.4. The maximum Gasteiger partial charge on any atom is 0.305 e. The van der Waals surface area contributed by atoms with Crippen LogP contribution in [0.4, 0.5) is 0 Å². The Labute approximate surface area is 388 Å². The zero-order valence-corrected chi connectivity index (χ0v) is 41.8. The third kappa shape index (κ3) is 27.5. The van der Waals surface area contributed by atoms with E-state index >= 15 is 0 Å². The molecule has 1 N–H and O–H groups in total. The molecule has 1 saturated heterocycles. The van der Waals surface area contributed by atoms with Gasteiger partial charge in [0.2, 0.25) is 11.8 Å². The van der Waals surface area contributed by atoms with Crippen molar-refractivity contribution in [3.8, 4) is 5.75 Å². The number of methoxy groups -OCH3 is 2. The predicted molar refractivity (Wildman–Crippen MR) is 265 cm³/mol. The lowest BCUT2D eigenvalue weighted by Gasteiger charge is -2.41. The molecule has 1 aromatic carbocycles. The fourth-order valence-electron chi connectivity index (χ4n) is 9.74. The first kappa shape index (κ1) is 56.5. The van der Waals surface area contributed by atoms with Gasteiger partial charge in [-0.15, -0.1) is 0 Å². The third-order valence-electron chi connectivity index (χ3n) is 14.0. The van der Waals surface area contributed by atoms with Gasteiger partial charge in [0.1, 0.15) is 11.8 Å². The number of esters is 1. The van der Waals surface area contributed by atoms with Crippen molar-refractivity contribution in [3.63, 3.8) is 0 Å². The third-order valence-corrected chi connectivity index (χ3v) is 14.0. The van der Waals surface area contributed by atoms with Gasteiger partial charge in [-0.1, -0.05) is 187 Å². The highest BCUT2D eigenvalue weighted by Gasteiger charge is 2.38. The second-order valence-electron chi connectivity index (χ2n) is 19.2. The summed E-state index contributed by atoms with van der Waals surface area (Å²) in [6, 6.07) is 7.72. The second kappa shape index (κ2) is 38.6. The van der Waals surface area contributed by atoms with Crippen LogP contribution in [0, 0.1) is 11.8 Å². The number of nitrogens with one attached hydrogen (secondary N) is 1. The van der Waals surface area contributed by atoms with Crippen LogP contribution in [0.2, 0.25) is 0 Å². The van der Waals surface area contributed by atoms with Crippen LogP contribution < -0.4 is 10.1 Å². The average molecular weight is 882 g/mol. The van der Waals surface area contributed by atoms with Gasteiger partial charge in [0.15, 0.2) is 0 Å². The molecule has 1 fully saturated rings. The van der Waals surface area contributed by atoms with E-state index in [2.05, 4.69) is 48.0 Å². The summed E-state index contributed by atoms with van der Waals surface area (Å²) in [5.41, 5.74) is 1.17. The molecule has 8 nitrogen and oxygen atoms in total. The first-order valence-electron chi connectivity index (χ1n) is 26.9. The van der Waals surface area contributed by atoms with E-state index in [-0.39, 0.29) is 23.7 Å². The van der Waals surface area contributed by atoms with Crippen molar-refractivity contribution in [1.29, 1.82) is 0 Å². The van der Waals surface area contributed by atoms with E-state index < -0.39 is 6.04 Å². The molecular formula is C55H99N3O5. The Balaban J connectivity index is 2.13. The lowest BCUT2D eigenvalue weighted by Crippen LogP contribution is -2.56. The monoisotopic (exact) mass is 882 g/mol. The smallest absolute Gasteiger partial charge is 0.305 e. The van der Waals surface area contributed by atoms with E-state index in [1.165, 1.54) is 154 Å². The normalized spacial score (nSPS) is 14.4. The highest BCUT2D eigenvalue weighted by molar-refractivity contribution is 5.88. The van der Waals surface area contributed by atoms with E-state index in [0.29, 0.717) is 25.3 Å². The van der Waals surface area contributed by atoms with E-state index in [9.17, 15) is 14.4 Å². The predicted octanol–water partition coefficient (Wildman–Crippen LogP) is 13.8. The molecule has 1 aliphatic heterocycles. The number of amides is 2. The molecule has 0 bridgehead atoms. The molecule has 2 unspecified atom stereocenters. The van der Waals surface area contributed by atoms with Gasteiger partial charge in [-0.3, -0.25) is 14.4 Å². The first-order chi connectivity index (χ1) is 30.9. The summed E-state index contributed by atoms with van der Waals surface area (Å²) >= 11 is 0. The zero-order chi connectivity index (χ0) is 45.6. The summed E-state index contributed by atoms with van der Waals surface area (Å²) in [7, 11) is 3.15. The van der Waals surface area contributed by atoms with Crippen molar-refractivity contribution in [3.05, 3.63) is 29.8 Å². The zero-order valence-electron chi connectivity index (χ0n) is 41.8. The van der Waals surface area contributed by atoms with Crippen LogP contribution >= 0.6 is 0 Å². The Hall–Kier alpha value is -2.61. The fourth-order valence-corrected chi connectivity index (χ4v) is 9.74. The number of benzene rings is 1. The lowest BCUT2D eigenvalue weighted by molar-refractivity contribution is -0.144. The van der Waals surface area contributed by atoms with Gasteiger partial charge in [-0.2, -0.15) is 0 Å². The van der Waals surface area contributed by atoms with Gasteiger partial charge < -0.3 is 24.6 Å². The number of ether oxygens (including phenoxy) is 2. The van der Waals surface area contributed by atoms with Gasteiger partial charge in [0.25, 0.3) is 0 Å². The number of piperidine rings is 1. The van der Waals surface area contributed by atoms with Crippen molar-refractivity contribution < 1.29 is 23.9 Å². The first-order valence-corrected chi connectivity index (χ1v) is 26.9. The summed E-state index contributed by atoms with van der Waals surface area (Å²) in [5.74, 6) is 1.62. The SMILES string of the molecule is CCCCCCCCCCC(CCCCCCCC)CN(C(=O)CCCCCCCCCCCCCCC(=O)OC)C(C(=O)NCCc1ccc(OC)cc1)C1CCN(CC)CC1. The van der Waals surface area contributed by atoms with Crippen LogP contribution in [0.25, 0.3) is 0 Å². The van der Waals surface area contributed by atoms with E-state index in [1.54, 1.807) is 7.11 Å². The number of carbonyl (C=O) groups excluding carboxylic acids is 3. The summed E-state index contributed by atoms with van der Waals surface area (Å²) in [6.07, 6.45) is 38.2. The Bertz CT molecular complexity index is 1250. The van der Waals surface area contributed by atoms with Crippen molar-refractivity contribution >= 4 is 17.8 Å². The van der Waals surface area contributed by atoms with Crippen LogP contribution in [-0.4, -0.2) is 80.6 Å². The number of hydrogen-bond donors (Lipinski definition) is 1. The quantitative estimate of drug-likeness (QED) is 0.0521. The number of rotatable bonds is 41. The number of nitrogens with zero attached hydrogens (tertiary/aromatic N) is 2. The van der Waals surface area contributed by atoms with Crippen molar-refractivity contribution in [2.45, 2.75) is 239 Å². The molecule has 2 atom stereocenters. The van der Waals surface area contributed by atoms with Crippen LogP contribution in [0.3, 0.4) is 0 Å². The van der Waals surface area contributed by atoms with E-state index in [1.807, 2.05) is 12.1 Å². The second-order valence-corrected chi connectivity index (χ2v) is 19.2. The molecule has 0 spiro atoms. The highest BCUT2D eigenvalue weighted by Crippen LogP contribution is 2.29. The minimum absolute atomic E-state index is 0.0541. The van der Waals surface area contributed by atoms with Crippen molar-refractivity contribution in [1.82, 2.24) is 15.1 Å². The van der Waals surface area contributed by atoms with Crippen molar-refractivity contribution in [2.24, 2.45) is 11.8 Å². The topological polar surface area (TPSA) is 88.2 Å².